The third kappa shape index (κ3) is 4.83. The molecular formula is C32H45ClN2O3. The molecule has 4 aliphatic carbocycles. The zero-order chi connectivity index (χ0) is 27.5. The van der Waals surface area contributed by atoms with Crippen LogP contribution < -0.4 is 10.2 Å². The van der Waals surface area contributed by atoms with E-state index in [1.165, 1.54) is 5.57 Å². The maximum atomic E-state index is 14.4. The lowest BCUT2D eigenvalue weighted by Gasteiger charge is -2.58. The van der Waals surface area contributed by atoms with E-state index in [1.807, 2.05) is 39.0 Å². The molecule has 0 spiro atoms. The summed E-state index contributed by atoms with van der Waals surface area (Å²) in [7, 11) is 0. The SMILES string of the molecule is CC(C)(C)NC(=O)CN(C(=O)[C@H]1CC[C@H]2[C@@H]3CC=C4C[C@@H](O)CC[C@]4(C)[C@H]3CC[C@]12C)c1ccccc1Cl. The summed E-state index contributed by atoms with van der Waals surface area (Å²) < 4.78 is 0. The smallest absolute Gasteiger partial charge is 0.240 e. The first-order chi connectivity index (χ1) is 17.8. The van der Waals surface area contributed by atoms with Crippen molar-refractivity contribution in [1.82, 2.24) is 5.32 Å². The minimum absolute atomic E-state index is 0.0321. The van der Waals surface area contributed by atoms with E-state index in [2.05, 4.69) is 25.2 Å². The topological polar surface area (TPSA) is 69.6 Å². The predicted octanol–water partition coefficient (Wildman–Crippen LogP) is 6.53. The van der Waals surface area contributed by atoms with Crippen LogP contribution in [0.2, 0.25) is 5.02 Å². The zero-order valence-electron chi connectivity index (χ0n) is 23.7. The number of allylic oxidation sites excluding steroid dienone is 1. The van der Waals surface area contributed by atoms with Gasteiger partial charge in [-0.1, -0.05) is 49.2 Å². The van der Waals surface area contributed by atoms with Gasteiger partial charge in [0, 0.05) is 11.5 Å². The molecule has 2 N–H and O–H groups in total. The molecule has 0 radical (unpaired) electrons. The Bertz CT molecular complexity index is 1130. The van der Waals surface area contributed by atoms with Crippen LogP contribution >= 0.6 is 11.6 Å². The van der Waals surface area contributed by atoms with E-state index in [0.717, 1.165) is 51.4 Å². The van der Waals surface area contributed by atoms with Gasteiger partial charge in [0.1, 0.15) is 6.54 Å². The number of aliphatic hydroxyl groups excluding tert-OH is 1. The molecule has 208 valence electrons. The highest BCUT2D eigenvalue weighted by atomic mass is 35.5. The fourth-order valence-corrected chi connectivity index (χ4v) is 9.03. The van der Waals surface area contributed by atoms with Crippen molar-refractivity contribution < 1.29 is 14.7 Å². The maximum Gasteiger partial charge on any atom is 0.240 e. The molecule has 3 fully saturated rings. The normalized spacial score (nSPS) is 36.4. The van der Waals surface area contributed by atoms with E-state index < -0.39 is 0 Å². The third-order valence-electron chi connectivity index (χ3n) is 10.6. The highest BCUT2D eigenvalue weighted by Crippen LogP contribution is 2.66. The van der Waals surface area contributed by atoms with Crippen LogP contribution in [0.4, 0.5) is 5.69 Å². The number of para-hydroxylation sites is 1. The summed E-state index contributed by atoms with van der Waals surface area (Å²) in [6.45, 7) is 10.6. The Morgan fingerprint density at radius 3 is 2.53 bits per heavy atom. The summed E-state index contributed by atoms with van der Waals surface area (Å²) in [4.78, 5) is 29.1. The number of anilines is 1. The Labute approximate surface area is 233 Å². The first kappa shape index (κ1) is 27.7. The molecule has 0 bridgehead atoms. The molecule has 0 aromatic heterocycles. The third-order valence-corrected chi connectivity index (χ3v) is 10.9. The van der Waals surface area contributed by atoms with Crippen molar-refractivity contribution in [2.45, 2.75) is 97.6 Å². The Hall–Kier alpha value is -1.85. The van der Waals surface area contributed by atoms with E-state index >= 15 is 0 Å². The average Bonchev–Trinajstić information content (AvgIpc) is 3.19. The molecule has 0 unspecified atom stereocenters. The summed E-state index contributed by atoms with van der Waals surface area (Å²) in [5.41, 5.74) is 1.80. The number of aliphatic hydroxyl groups is 1. The van der Waals surface area contributed by atoms with Gasteiger partial charge in [0.05, 0.1) is 16.8 Å². The molecule has 4 aliphatic rings. The second kappa shape index (κ2) is 9.96. The average molecular weight is 541 g/mol. The van der Waals surface area contributed by atoms with E-state index in [0.29, 0.717) is 28.5 Å². The van der Waals surface area contributed by atoms with Gasteiger partial charge < -0.3 is 15.3 Å². The van der Waals surface area contributed by atoms with E-state index in [4.69, 9.17) is 11.6 Å². The van der Waals surface area contributed by atoms with Crippen LogP contribution in [0.5, 0.6) is 0 Å². The molecule has 5 nitrogen and oxygen atoms in total. The molecule has 1 aromatic rings. The Kier molecular flexibility index (Phi) is 7.26. The summed E-state index contributed by atoms with van der Waals surface area (Å²) in [6.07, 6.45) is 10.2. The van der Waals surface area contributed by atoms with Crippen LogP contribution in [0.3, 0.4) is 0 Å². The number of rotatable bonds is 4. The molecule has 0 saturated heterocycles. The highest BCUT2D eigenvalue weighted by molar-refractivity contribution is 6.34. The molecule has 0 heterocycles. The second-order valence-corrected chi connectivity index (χ2v) is 14.4. The lowest BCUT2D eigenvalue weighted by molar-refractivity contribution is -0.131. The number of carbonyl (C=O) groups is 2. The first-order valence-corrected chi connectivity index (χ1v) is 15.0. The van der Waals surface area contributed by atoms with Gasteiger partial charge in [-0.2, -0.15) is 0 Å². The van der Waals surface area contributed by atoms with Crippen molar-refractivity contribution in [2.75, 3.05) is 11.4 Å². The molecule has 5 rings (SSSR count). The molecule has 0 aliphatic heterocycles. The van der Waals surface area contributed by atoms with Crippen molar-refractivity contribution in [3.63, 3.8) is 0 Å². The number of nitrogens with one attached hydrogen (secondary N) is 1. The van der Waals surface area contributed by atoms with Gasteiger partial charge in [-0.25, -0.2) is 0 Å². The van der Waals surface area contributed by atoms with Gasteiger partial charge in [0.2, 0.25) is 11.8 Å². The second-order valence-electron chi connectivity index (χ2n) is 14.0. The summed E-state index contributed by atoms with van der Waals surface area (Å²) >= 11 is 6.59. The molecule has 6 heteroatoms. The maximum absolute atomic E-state index is 14.4. The highest BCUT2D eigenvalue weighted by Gasteiger charge is 2.60. The van der Waals surface area contributed by atoms with Crippen LogP contribution in [0, 0.1) is 34.5 Å². The number of hydrogen-bond acceptors (Lipinski definition) is 3. The first-order valence-electron chi connectivity index (χ1n) is 14.6. The monoisotopic (exact) mass is 540 g/mol. The zero-order valence-corrected chi connectivity index (χ0v) is 24.5. The Balaban J connectivity index is 1.42. The predicted molar refractivity (Wildman–Crippen MR) is 153 cm³/mol. The summed E-state index contributed by atoms with van der Waals surface area (Å²) in [5, 5.41) is 13.8. The Morgan fingerprint density at radius 2 is 1.82 bits per heavy atom. The minimum atomic E-state index is -0.381. The van der Waals surface area contributed by atoms with Crippen LogP contribution in [-0.4, -0.2) is 35.1 Å². The van der Waals surface area contributed by atoms with Crippen molar-refractivity contribution >= 4 is 29.1 Å². The number of carbonyl (C=O) groups excluding carboxylic acids is 2. The van der Waals surface area contributed by atoms with Crippen LogP contribution in [0.1, 0.15) is 86.0 Å². The Morgan fingerprint density at radius 1 is 1.08 bits per heavy atom. The fraction of sp³-hybridized carbons (Fsp3) is 0.688. The van der Waals surface area contributed by atoms with Crippen molar-refractivity contribution in [3.8, 4) is 0 Å². The number of nitrogens with zero attached hydrogens (tertiary/aromatic N) is 1. The van der Waals surface area contributed by atoms with E-state index in [-0.39, 0.29) is 46.7 Å². The van der Waals surface area contributed by atoms with E-state index in [9.17, 15) is 14.7 Å². The number of amides is 2. The van der Waals surface area contributed by atoms with Gasteiger partial charge in [-0.15, -0.1) is 0 Å². The molecule has 7 atom stereocenters. The van der Waals surface area contributed by atoms with Gasteiger partial charge in [0.15, 0.2) is 0 Å². The van der Waals surface area contributed by atoms with Crippen LogP contribution in [0.25, 0.3) is 0 Å². The molecule has 38 heavy (non-hydrogen) atoms. The van der Waals surface area contributed by atoms with Crippen molar-refractivity contribution in [2.24, 2.45) is 34.5 Å². The van der Waals surface area contributed by atoms with Gasteiger partial charge in [0.25, 0.3) is 0 Å². The number of fused-ring (bicyclic) bond motifs is 5. The van der Waals surface area contributed by atoms with Gasteiger partial charge >= 0.3 is 0 Å². The quantitative estimate of drug-likeness (QED) is 0.427. The summed E-state index contributed by atoms with van der Waals surface area (Å²) in [6, 6.07) is 7.37. The van der Waals surface area contributed by atoms with Gasteiger partial charge in [-0.05, 0) is 113 Å². The van der Waals surface area contributed by atoms with Crippen LogP contribution in [-0.2, 0) is 9.59 Å². The number of halogens is 1. The number of benzene rings is 1. The lowest BCUT2D eigenvalue weighted by Crippen LogP contribution is -2.53. The van der Waals surface area contributed by atoms with Crippen molar-refractivity contribution in [1.29, 1.82) is 0 Å². The van der Waals surface area contributed by atoms with Crippen molar-refractivity contribution in [3.05, 3.63) is 40.9 Å². The van der Waals surface area contributed by atoms with Crippen LogP contribution in [0.15, 0.2) is 35.9 Å². The molecule has 1 aromatic carbocycles. The molecule has 3 saturated carbocycles. The molecular weight excluding hydrogens is 496 g/mol. The fourth-order valence-electron chi connectivity index (χ4n) is 8.79. The van der Waals surface area contributed by atoms with E-state index in [1.54, 1.807) is 11.0 Å². The minimum Gasteiger partial charge on any atom is -0.393 e. The number of hydrogen-bond donors (Lipinski definition) is 2. The summed E-state index contributed by atoms with van der Waals surface area (Å²) in [5.74, 6) is 1.43. The molecule has 2 amide bonds. The lowest BCUT2D eigenvalue weighted by atomic mass is 9.47. The standard InChI is InChI=1S/C32H45ClN2O3/c1-30(2,3)34-28(37)19-35(27-9-7-6-8-26(27)33)29(38)25-13-12-23-22-11-10-20-18-21(36)14-16-31(20,4)24(22)15-17-32(23,25)5/h6-10,21-25,36H,11-19H2,1-5H3,(H,34,37)/t21-,22-,23-,24-,25+,31-,32-/m0/s1. The largest absolute Gasteiger partial charge is 0.393 e. The van der Waals surface area contributed by atoms with Gasteiger partial charge in [-0.3, -0.25) is 9.59 Å².